The van der Waals surface area contributed by atoms with E-state index in [1.807, 2.05) is 23.1 Å². The minimum atomic E-state index is -1.38. The van der Waals surface area contributed by atoms with Crippen LogP contribution in [0.1, 0.15) is 18.4 Å². The van der Waals surface area contributed by atoms with Crippen molar-refractivity contribution >= 4 is 11.8 Å². The van der Waals surface area contributed by atoms with Gasteiger partial charge >= 0.3 is 0 Å². The molecule has 1 aromatic rings. The van der Waals surface area contributed by atoms with Crippen LogP contribution in [0.15, 0.2) is 18.2 Å². The van der Waals surface area contributed by atoms with Gasteiger partial charge in [0.2, 0.25) is 12.7 Å². The predicted molar refractivity (Wildman–Crippen MR) is 96.2 cm³/mol. The van der Waals surface area contributed by atoms with Gasteiger partial charge in [-0.2, -0.15) is 0 Å². The number of aliphatic hydroxyl groups is 1. The van der Waals surface area contributed by atoms with Gasteiger partial charge in [-0.3, -0.25) is 14.5 Å². The first-order valence-corrected chi connectivity index (χ1v) is 9.31. The number of amides is 2. The zero-order valence-electron chi connectivity index (χ0n) is 15.5. The second-order valence-electron chi connectivity index (χ2n) is 7.58. The molecule has 0 radical (unpaired) electrons. The number of β-amino-alcohol motifs (C(OH)–C–C–N with tert-alkyl or cyclic N) is 1. The molecule has 0 aromatic heterocycles. The topological polar surface area (TPSA) is 82.6 Å². The normalized spacial score (nSPS) is 26.0. The number of hydrogen-bond donors (Lipinski definition) is 1. The number of piperazine rings is 1. The quantitative estimate of drug-likeness (QED) is 0.800. The minimum absolute atomic E-state index is 0.000806. The fraction of sp³-hybridized carbons (Fsp3) is 0.579. The molecule has 0 unspecified atom stereocenters. The summed E-state index contributed by atoms with van der Waals surface area (Å²) < 4.78 is 10.7. The summed E-state index contributed by atoms with van der Waals surface area (Å²) in [6.07, 6.45) is 1.22. The van der Waals surface area contributed by atoms with Gasteiger partial charge < -0.3 is 24.4 Å². The van der Waals surface area contributed by atoms with E-state index < -0.39 is 5.60 Å². The molecule has 1 atom stereocenters. The summed E-state index contributed by atoms with van der Waals surface area (Å²) in [6, 6.07) is 5.70. The van der Waals surface area contributed by atoms with Crippen molar-refractivity contribution in [1.29, 1.82) is 0 Å². The molecular formula is C19H25N3O5. The summed E-state index contributed by atoms with van der Waals surface area (Å²) in [4.78, 5) is 30.2. The smallest absolute Gasteiger partial charge is 0.255 e. The molecule has 3 heterocycles. The number of hydrogen-bond acceptors (Lipinski definition) is 6. The largest absolute Gasteiger partial charge is 0.454 e. The van der Waals surface area contributed by atoms with Gasteiger partial charge in [-0.05, 0) is 30.5 Å². The van der Waals surface area contributed by atoms with Gasteiger partial charge in [-0.15, -0.1) is 0 Å². The van der Waals surface area contributed by atoms with Crippen molar-refractivity contribution < 1.29 is 24.2 Å². The van der Waals surface area contributed by atoms with E-state index in [-0.39, 0.29) is 31.7 Å². The average Bonchev–Trinajstić information content (AvgIpc) is 3.10. The number of likely N-dealkylation sites (tertiary alicyclic amines) is 1. The summed E-state index contributed by atoms with van der Waals surface area (Å²) in [6.45, 7) is 3.03. The first kappa shape index (κ1) is 18.1. The molecule has 2 fully saturated rings. The third-order valence-electron chi connectivity index (χ3n) is 5.52. The van der Waals surface area contributed by atoms with E-state index >= 15 is 0 Å². The molecular weight excluding hydrogens is 350 g/mol. The summed E-state index contributed by atoms with van der Waals surface area (Å²) in [5.74, 6) is 1.19. The maximum atomic E-state index is 12.6. The lowest BCUT2D eigenvalue weighted by Gasteiger charge is -2.41. The van der Waals surface area contributed by atoms with Crippen molar-refractivity contribution in [2.45, 2.75) is 25.0 Å². The molecule has 3 aliphatic heterocycles. The molecule has 8 nitrogen and oxygen atoms in total. The fourth-order valence-electron chi connectivity index (χ4n) is 4.01. The number of nitrogens with zero attached hydrogens (tertiary/aromatic N) is 3. The van der Waals surface area contributed by atoms with Crippen molar-refractivity contribution in [1.82, 2.24) is 14.7 Å². The fourth-order valence-corrected chi connectivity index (χ4v) is 4.01. The van der Waals surface area contributed by atoms with Crippen LogP contribution in [0.4, 0.5) is 0 Å². The van der Waals surface area contributed by atoms with Crippen LogP contribution in [0.25, 0.3) is 0 Å². The highest BCUT2D eigenvalue weighted by molar-refractivity contribution is 5.86. The molecule has 0 saturated carbocycles. The molecule has 2 amide bonds. The van der Waals surface area contributed by atoms with Gasteiger partial charge in [0.25, 0.3) is 5.91 Å². The van der Waals surface area contributed by atoms with Gasteiger partial charge in [0, 0.05) is 39.8 Å². The number of likely N-dealkylation sites (N-methyl/N-ethyl adjacent to an activating group) is 1. The Morgan fingerprint density at radius 3 is 2.78 bits per heavy atom. The molecule has 1 N–H and O–H groups in total. The zero-order chi connectivity index (χ0) is 19.0. The van der Waals surface area contributed by atoms with Crippen molar-refractivity contribution in [3.05, 3.63) is 23.8 Å². The molecule has 0 bridgehead atoms. The Balaban J connectivity index is 1.35. The van der Waals surface area contributed by atoms with Crippen molar-refractivity contribution in [3.8, 4) is 11.5 Å². The van der Waals surface area contributed by atoms with Crippen LogP contribution in [0.5, 0.6) is 11.5 Å². The third kappa shape index (κ3) is 3.59. The highest BCUT2D eigenvalue weighted by Gasteiger charge is 2.43. The molecule has 0 spiro atoms. The molecule has 2 saturated heterocycles. The van der Waals surface area contributed by atoms with Gasteiger partial charge in [-0.25, -0.2) is 0 Å². The van der Waals surface area contributed by atoms with Gasteiger partial charge in [0.05, 0.1) is 6.54 Å². The Morgan fingerprint density at radius 2 is 1.96 bits per heavy atom. The third-order valence-corrected chi connectivity index (χ3v) is 5.52. The predicted octanol–water partition coefficient (Wildman–Crippen LogP) is 0.0428. The molecule has 0 aliphatic carbocycles. The molecule has 27 heavy (non-hydrogen) atoms. The van der Waals surface area contributed by atoms with E-state index in [0.717, 1.165) is 17.7 Å². The summed E-state index contributed by atoms with van der Waals surface area (Å²) >= 11 is 0. The van der Waals surface area contributed by atoms with Crippen molar-refractivity contribution in [2.24, 2.45) is 0 Å². The van der Waals surface area contributed by atoms with Gasteiger partial charge in [-0.1, -0.05) is 6.07 Å². The van der Waals surface area contributed by atoms with E-state index in [2.05, 4.69) is 0 Å². The van der Waals surface area contributed by atoms with Crippen LogP contribution in [-0.4, -0.2) is 83.8 Å². The SMILES string of the molecule is CN1CCC[C@@](O)(CN2CCN(Cc3ccc4c(c3)OCO4)C(=O)C2)C1=O. The molecule has 4 rings (SSSR count). The Bertz CT molecular complexity index is 755. The van der Waals surface area contributed by atoms with E-state index in [4.69, 9.17) is 9.47 Å². The molecule has 146 valence electrons. The van der Waals surface area contributed by atoms with Crippen LogP contribution in [-0.2, 0) is 16.1 Å². The summed E-state index contributed by atoms with van der Waals surface area (Å²) in [5, 5.41) is 10.8. The van der Waals surface area contributed by atoms with Gasteiger partial charge in [0.15, 0.2) is 17.1 Å². The van der Waals surface area contributed by atoms with Gasteiger partial charge in [0.1, 0.15) is 0 Å². The van der Waals surface area contributed by atoms with Crippen molar-refractivity contribution in [2.75, 3.05) is 46.6 Å². The minimum Gasteiger partial charge on any atom is -0.454 e. The van der Waals surface area contributed by atoms with Crippen LogP contribution >= 0.6 is 0 Å². The second kappa shape index (κ2) is 7.01. The van der Waals surface area contributed by atoms with Crippen LogP contribution in [0.2, 0.25) is 0 Å². The maximum absolute atomic E-state index is 12.6. The second-order valence-corrected chi connectivity index (χ2v) is 7.58. The lowest BCUT2D eigenvalue weighted by molar-refractivity contribution is -0.160. The van der Waals surface area contributed by atoms with E-state index in [1.165, 1.54) is 0 Å². The maximum Gasteiger partial charge on any atom is 0.255 e. The zero-order valence-corrected chi connectivity index (χ0v) is 15.5. The Hall–Kier alpha value is -2.32. The van der Waals surface area contributed by atoms with E-state index in [0.29, 0.717) is 38.3 Å². The standard InChI is InChI=1S/C19H25N3O5/c1-20-6-2-5-19(25,18(20)24)12-21-7-8-22(17(23)11-21)10-14-3-4-15-16(9-14)27-13-26-15/h3-4,9,25H,2,5-8,10-13H2,1H3/t19-/m1/s1. The number of carbonyl (C=O) groups excluding carboxylic acids is 2. The van der Waals surface area contributed by atoms with Crippen LogP contribution in [0, 0.1) is 0 Å². The molecule has 1 aromatic carbocycles. The highest BCUT2D eigenvalue weighted by atomic mass is 16.7. The average molecular weight is 375 g/mol. The van der Waals surface area contributed by atoms with Crippen LogP contribution in [0.3, 0.4) is 0 Å². The number of benzene rings is 1. The first-order chi connectivity index (χ1) is 12.9. The lowest BCUT2D eigenvalue weighted by Crippen LogP contribution is -2.60. The Morgan fingerprint density at radius 1 is 1.15 bits per heavy atom. The van der Waals surface area contributed by atoms with Crippen molar-refractivity contribution in [3.63, 3.8) is 0 Å². The monoisotopic (exact) mass is 375 g/mol. The number of fused-ring (bicyclic) bond motifs is 1. The van der Waals surface area contributed by atoms with Crippen LogP contribution < -0.4 is 9.47 Å². The molecule has 3 aliphatic rings. The Kier molecular flexibility index (Phi) is 4.69. The lowest BCUT2D eigenvalue weighted by atomic mass is 9.91. The molecule has 8 heteroatoms. The number of piperidine rings is 1. The first-order valence-electron chi connectivity index (χ1n) is 9.31. The Labute approximate surface area is 158 Å². The summed E-state index contributed by atoms with van der Waals surface area (Å²) in [5.41, 5.74) is -0.393. The highest BCUT2D eigenvalue weighted by Crippen LogP contribution is 2.33. The number of carbonyl (C=O) groups is 2. The van der Waals surface area contributed by atoms with E-state index in [1.54, 1.807) is 16.8 Å². The van der Waals surface area contributed by atoms with E-state index in [9.17, 15) is 14.7 Å². The summed E-state index contributed by atoms with van der Waals surface area (Å²) in [7, 11) is 1.71. The number of rotatable bonds is 4. The number of ether oxygens (including phenoxy) is 2.